The molecule has 0 aliphatic carbocycles. The fraction of sp³-hybridized carbons (Fsp3) is 0.462. The minimum atomic E-state index is -0.848. The summed E-state index contributed by atoms with van der Waals surface area (Å²) in [6, 6.07) is 4.74. The molecule has 17 heavy (non-hydrogen) atoms. The standard InChI is InChI=1S/C13H19NO3/c1-3-4-11(13(16)17)14-8-10-7-9(2)5-6-12(10)15/h5-7,11,14-15H,3-4,8H2,1-2H3,(H,16,17). The number of hydrogen-bond donors (Lipinski definition) is 3. The van der Waals surface area contributed by atoms with Crippen LogP contribution in [0, 0.1) is 6.92 Å². The van der Waals surface area contributed by atoms with Crippen LogP contribution < -0.4 is 5.32 Å². The second kappa shape index (κ2) is 6.25. The SMILES string of the molecule is CCCC(NCc1cc(C)ccc1O)C(=O)O. The fourth-order valence-electron chi connectivity index (χ4n) is 1.69. The number of aliphatic carboxylic acids is 1. The normalized spacial score (nSPS) is 12.4. The monoisotopic (exact) mass is 237 g/mol. The van der Waals surface area contributed by atoms with Gasteiger partial charge >= 0.3 is 5.97 Å². The van der Waals surface area contributed by atoms with Crippen molar-refractivity contribution in [2.75, 3.05) is 0 Å². The summed E-state index contributed by atoms with van der Waals surface area (Å²) in [7, 11) is 0. The summed E-state index contributed by atoms with van der Waals surface area (Å²) in [4.78, 5) is 10.9. The van der Waals surface area contributed by atoms with E-state index >= 15 is 0 Å². The van der Waals surface area contributed by atoms with E-state index in [0.29, 0.717) is 13.0 Å². The second-order valence-corrected chi connectivity index (χ2v) is 4.19. The number of benzene rings is 1. The molecule has 0 saturated heterocycles. The number of aromatic hydroxyl groups is 1. The van der Waals surface area contributed by atoms with Crippen molar-refractivity contribution in [3.63, 3.8) is 0 Å². The van der Waals surface area contributed by atoms with Crippen LogP contribution in [0.4, 0.5) is 0 Å². The second-order valence-electron chi connectivity index (χ2n) is 4.19. The van der Waals surface area contributed by atoms with Gasteiger partial charge < -0.3 is 15.5 Å². The van der Waals surface area contributed by atoms with Crippen LogP contribution in [0.15, 0.2) is 18.2 Å². The van der Waals surface area contributed by atoms with Gasteiger partial charge in [0.15, 0.2) is 0 Å². The highest BCUT2D eigenvalue weighted by Crippen LogP contribution is 2.18. The molecular formula is C13H19NO3. The van der Waals surface area contributed by atoms with E-state index < -0.39 is 12.0 Å². The predicted molar refractivity (Wildman–Crippen MR) is 66.0 cm³/mol. The van der Waals surface area contributed by atoms with Crippen molar-refractivity contribution in [2.24, 2.45) is 0 Å². The summed E-state index contributed by atoms with van der Waals surface area (Å²) >= 11 is 0. The van der Waals surface area contributed by atoms with Gasteiger partial charge in [0.2, 0.25) is 0 Å². The number of phenolic OH excluding ortho intramolecular Hbond substituents is 1. The number of aryl methyl sites for hydroxylation is 1. The Morgan fingerprint density at radius 1 is 1.47 bits per heavy atom. The summed E-state index contributed by atoms with van der Waals surface area (Å²) in [6.45, 7) is 4.25. The zero-order valence-electron chi connectivity index (χ0n) is 10.2. The molecule has 0 spiro atoms. The van der Waals surface area contributed by atoms with Crippen LogP contribution in [0.1, 0.15) is 30.9 Å². The van der Waals surface area contributed by atoms with Gasteiger partial charge in [0, 0.05) is 12.1 Å². The highest BCUT2D eigenvalue weighted by atomic mass is 16.4. The van der Waals surface area contributed by atoms with Crippen LogP contribution in [-0.4, -0.2) is 22.2 Å². The Hall–Kier alpha value is -1.55. The molecule has 0 heterocycles. The molecule has 3 N–H and O–H groups in total. The first-order chi connectivity index (χ1) is 8.04. The van der Waals surface area contributed by atoms with E-state index in [1.165, 1.54) is 0 Å². The van der Waals surface area contributed by atoms with Gasteiger partial charge in [-0.2, -0.15) is 0 Å². The number of rotatable bonds is 6. The molecule has 4 nitrogen and oxygen atoms in total. The van der Waals surface area contributed by atoms with Crippen molar-refractivity contribution in [2.45, 2.75) is 39.3 Å². The highest BCUT2D eigenvalue weighted by molar-refractivity contribution is 5.73. The Morgan fingerprint density at radius 2 is 2.18 bits per heavy atom. The van der Waals surface area contributed by atoms with Crippen LogP contribution in [0.25, 0.3) is 0 Å². The van der Waals surface area contributed by atoms with Crippen molar-refractivity contribution in [1.82, 2.24) is 5.32 Å². The average molecular weight is 237 g/mol. The van der Waals surface area contributed by atoms with E-state index in [0.717, 1.165) is 17.5 Å². The zero-order chi connectivity index (χ0) is 12.8. The first kappa shape index (κ1) is 13.5. The van der Waals surface area contributed by atoms with Crippen LogP contribution in [0.3, 0.4) is 0 Å². The maximum absolute atomic E-state index is 10.9. The number of carboxylic acid groups (broad SMARTS) is 1. The summed E-state index contributed by atoms with van der Waals surface area (Å²) in [5, 5.41) is 21.6. The minimum Gasteiger partial charge on any atom is -0.508 e. The molecule has 1 rings (SSSR count). The lowest BCUT2D eigenvalue weighted by Gasteiger charge is -2.14. The molecule has 94 valence electrons. The Labute approximate surface area is 101 Å². The molecule has 0 saturated carbocycles. The molecule has 0 radical (unpaired) electrons. The third-order valence-electron chi connectivity index (χ3n) is 2.65. The third-order valence-corrected chi connectivity index (χ3v) is 2.65. The van der Waals surface area contributed by atoms with Gasteiger partial charge in [-0.3, -0.25) is 4.79 Å². The lowest BCUT2D eigenvalue weighted by atomic mass is 10.1. The number of carbonyl (C=O) groups is 1. The van der Waals surface area contributed by atoms with Gasteiger partial charge in [-0.25, -0.2) is 0 Å². The molecule has 0 aromatic heterocycles. The fourth-order valence-corrected chi connectivity index (χ4v) is 1.69. The van der Waals surface area contributed by atoms with Crippen LogP contribution in [0.2, 0.25) is 0 Å². The van der Waals surface area contributed by atoms with E-state index in [4.69, 9.17) is 5.11 Å². The van der Waals surface area contributed by atoms with Crippen molar-refractivity contribution < 1.29 is 15.0 Å². The Morgan fingerprint density at radius 3 is 2.76 bits per heavy atom. The first-order valence-corrected chi connectivity index (χ1v) is 5.79. The Balaban J connectivity index is 2.64. The van der Waals surface area contributed by atoms with E-state index in [1.54, 1.807) is 6.07 Å². The van der Waals surface area contributed by atoms with Gasteiger partial charge in [0.05, 0.1) is 0 Å². The van der Waals surface area contributed by atoms with Crippen molar-refractivity contribution in [1.29, 1.82) is 0 Å². The topological polar surface area (TPSA) is 69.6 Å². The van der Waals surface area contributed by atoms with E-state index in [9.17, 15) is 9.90 Å². The Kier molecular flexibility index (Phi) is 4.97. The van der Waals surface area contributed by atoms with Crippen LogP contribution in [0.5, 0.6) is 5.75 Å². The van der Waals surface area contributed by atoms with E-state index in [2.05, 4.69) is 5.32 Å². The smallest absolute Gasteiger partial charge is 0.320 e. The molecule has 4 heteroatoms. The molecule has 0 fully saturated rings. The molecule has 0 amide bonds. The van der Waals surface area contributed by atoms with Gasteiger partial charge in [0.1, 0.15) is 11.8 Å². The molecule has 1 atom stereocenters. The highest BCUT2D eigenvalue weighted by Gasteiger charge is 2.15. The maximum Gasteiger partial charge on any atom is 0.320 e. The van der Waals surface area contributed by atoms with Crippen molar-refractivity contribution in [3.8, 4) is 5.75 Å². The van der Waals surface area contributed by atoms with Gasteiger partial charge in [-0.05, 0) is 19.4 Å². The molecule has 1 unspecified atom stereocenters. The quantitative estimate of drug-likeness (QED) is 0.708. The van der Waals surface area contributed by atoms with Crippen LogP contribution in [-0.2, 0) is 11.3 Å². The minimum absolute atomic E-state index is 0.198. The lowest BCUT2D eigenvalue weighted by Crippen LogP contribution is -2.36. The molecule has 0 aliphatic rings. The summed E-state index contributed by atoms with van der Waals surface area (Å²) in [5.41, 5.74) is 1.77. The first-order valence-electron chi connectivity index (χ1n) is 5.79. The number of carboxylic acids is 1. The lowest BCUT2D eigenvalue weighted by molar-refractivity contribution is -0.139. The van der Waals surface area contributed by atoms with Gasteiger partial charge in [0.25, 0.3) is 0 Å². The summed E-state index contributed by atoms with van der Waals surface area (Å²) in [5.74, 6) is -0.650. The third kappa shape index (κ3) is 4.07. The van der Waals surface area contributed by atoms with Crippen molar-refractivity contribution >= 4 is 5.97 Å². The van der Waals surface area contributed by atoms with Crippen molar-refractivity contribution in [3.05, 3.63) is 29.3 Å². The Bertz CT molecular complexity index is 390. The number of hydrogen-bond acceptors (Lipinski definition) is 3. The van der Waals surface area contributed by atoms with Gasteiger partial charge in [-0.1, -0.05) is 31.0 Å². The van der Waals surface area contributed by atoms with Crippen LogP contribution >= 0.6 is 0 Å². The summed E-state index contributed by atoms with van der Waals surface area (Å²) < 4.78 is 0. The summed E-state index contributed by atoms with van der Waals surface area (Å²) in [6.07, 6.45) is 1.39. The molecule has 0 bridgehead atoms. The number of nitrogens with one attached hydrogen (secondary N) is 1. The number of phenols is 1. The molecular weight excluding hydrogens is 218 g/mol. The average Bonchev–Trinajstić information content (AvgIpc) is 2.28. The zero-order valence-corrected chi connectivity index (χ0v) is 10.2. The van der Waals surface area contributed by atoms with E-state index in [-0.39, 0.29) is 5.75 Å². The van der Waals surface area contributed by atoms with E-state index in [1.807, 2.05) is 26.0 Å². The van der Waals surface area contributed by atoms with Gasteiger partial charge in [-0.15, -0.1) is 0 Å². The maximum atomic E-state index is 10.9. The molecule has 0 aliphatic heterocycles. The largest absolute Gasteiger partial charge is 0.508 e. The predicted octanol–water partition coefficient (Wildman–Crippen LogP) is 2.04. The molecule has 1 aromatic rings. The molecule has 1 aromatic carbocycles.